The zero-order valence-corrected chi connectivity index (χ0v) is 17.0. The number of methoxy groups -OCH3 is 1. The number of aryl methyl sites for hydroxylation is 2. The van der Waals surface area contributed by atoms with Crippen molar-refractivity contribution in [3.8, 4) is 11.5 Å². The van der Waals surface area contributed by atoms with Gasteiger partial charge in [-0.1, -0.05) is 24.3 Å². The van der Waals surface area contributed by atoms with Crippen LogP contribution in [0.15, 0.2) is 42.5 Å². The summed E-state index contributed by atoms with van der Waals surface area (Å²) in [6, 6.07) is 14.2. The fraction of sp³-hybridized carbons (Fsp3) is 0.435. The quantitative estimate of drug-likeness (QED) is 0.709. The molecule has 1 N–H and O–H groups in total. The van der Waals surface area contributed by atoms with E-state index in [0.717, 1.165) is 35.5 Å². The van der Waals surface area contributed by atoms with Gasteiger partial charge in [0.1, 0.15) is 11.5 Å². The highest BCUT2D eigenvalue weighted by Crippen LogP contribution is 2.19. The molecule has 146 valence electrons. The summed E-state index contributed by atoms with van der Waals surface area (Å²) in [5.74, 6) is 1.75. The van der Waals surface area contributed by atoms with Crippen molar-refractivity contribution in [3.63, 3.8) is 0 Å². The first kappa shape index (κ1) is 20.8. The zero-order chi connectivity index (χ0) is 19.8. The Balaban J connectivity index is 1.79. The lowest BCUT2D eigenvalue weighted by Gasteiger charge is -2.15. The summed E-state index contributed by atoms with van der Waals surface area (Å²) in [6.45, 7) is 8.08. The maximum absolute atomic E-state index is 12.3. The van der Waals surface area contributed by atoms with Crippen LogP contribution in [0.5, 0.6) is 11.5 Å². The maximum atomic E-state index is 12.3. The minimum atomic E-state index is 0.0362. The van der Waals surface area contributed by atoms with Crippen LogP contribution in [0.3, 0.4) is 0 Å². The van der Waals surface area contributed by atoms with E-state index >= 15 is 0 Å². The molecule has 4 heteroatoms. The first-order valence-electron chi connectivity index (χ1n) is 9.56. The molecule has 0 fully saturated rings. The second kappa shape index (κ2) is 10.0. The van der Waals surface area contributed by atoms with Gasteiger partial charge in [-0.05, 0) is 75.4 Å². The first-order chi connectivity index (χ1) is 12.9. The molecule has 2 aromatic rings. The number of benzene rings is 2. The van der Waals surface area contributed by atoms with E-state index in [9.17, 15) is 4.79 Å². The second-order valence-electron chi connectivity index (χ2n) is 7.30. The van der Waals surface area contributed by atoms with Gasteiger partial charge in [-0.3, -0.25) is 4.79 Å². The highest BCUT2D eigenvalue weighted by Gasteiger charge is 2.10. The molecule has 1 amide bonds. The Morgan fingerprint density at radius 1 is 1.04 bits per heavy atom. The molecule has 2 aromatic carbocycles. The summed E-state index contributed by atoms with van der Waals surface area (Å²) in [5.41, 5.74) is 3.28. The van der Waals surface area contributed by atoms with Crippen LogP contribution in [0.1, 0.15) is 43.9 Å². The molecular weight excluding hydrogens is 338 g/mol. The van der Waals surface area contributed by atoms with Crippen LogP contribution >= 0.6 is 0 Å². The highest BCUT2D eigenvalue weighted by molar-refractivity contribution is 5.79. The van der Waals surface area contributed by atoms with Gasteiger partial charge < -0.3 is 14.8 Å². The lowest BCUT2D eigenvalue weighted by atomic mass is 10.0. The van der Waals surface area contributed by atoms with Gasteiger partial charge in [-0.2, -0.15) is 0 Å². The van der Waals surface area contributed by atoms with Crippen LogP contribution in [0, 0.1) is 6.92 Å². The van der Waals surface area contributed by atoms with E-state index in [-0.39, 0.29) is 18.1 Å². The molecule has 0 saturated carbocycles. The highest BCUT2D eigenvalue weighted by atomic mass is 16.5. The van der Waals surface area contributed by atoms with Gasteiger partial charge in [-0.25, -0.2) is 0 Å². The van der Waals surface area contributed by atoms with Crippen molar-refractivity contribution in [3.05, 3.63) is 59.2 Å². The Hall–Kier alpha value is -2.49. The SMILES string of the molecule is COc1cc(CC(=O)NC(C)CCc2ccc(OC(C)C)cc2)ccc1C. The fourth-order valence-electron chi connectivity index (χ4n) is 2.95. The van der Waals surface area contributed by atoms with Crippen molar-refractivity contribution in [2.45, 2.75) is 59.1 Å². The Morgan fingerprint density at radius 2 is 1.70 bits per heavy atom. The molecule has 2 rings (SSSR count). The molecule has 0 spiro atoms. The van der Waals surface area contributed by atoms with E-state index in [0.29, 0.717) is 6.42 Å². The third-order valence-electron chi connectivity index (χ3n) is 4.41. The second-order valence-corrected chi connectivity index (χ2v) is 7.30. The summed E-state index contributed by atoms with van der Waals surface area (Å²) in [5, 5.41) is 3.08. The standard InChI is InChI=1S/C23H31NO3/c1-16(2)27-21-12-10-19(11-13-21)9-7-18(4)24-23(25)15-20-8-6-17(3)22(14-20)26-5/h6,8,10-14,16,18H,7,9,15H2,1-5H3,(H,24,25). The molecule has 0 aliphatic heterocycles. The number of amides is 1. The van der Waals surface area contributed by atoms with Crippen LogP contribution < -0.4 is 14.8 Å². The zero-order valence-electron chi connectivity index (χ0n) is 17.0. The molecule has 27 heavy (non-hydrogen) atoms. The Kier molecular flexibility index (Phi) is 7.71. The smallest absolute Gasteiger partial charge is 0.224 e. The fourth-order valence-corrected chi connectivity index (χ4v) is 2.95. The van der Waals surface area contributed by atoms with Crippen LogP contribution in [0.2, 0.25) is 0 Å². The van der Waals surface area contributed by atoms with Crippen molar-refractivity contribution >= 4 is 5.91 Å². The lowest BCUT2D eigenvalue weighted by Crippen LogP contribution is -2.34. The van der Waals surface area contributed by atoms with Crippen molar-refractivity contribution < 1.29 is 14.3 Å². The molecule has 1 atom stereocenters. The van der Waals surface area contributed by atoms with Crippen molar-refractivity contribution in [1.29, 1.82) is 0 Å². The van der Waals surface area contributed by atoms with Crippen LogP contribution in [-0.2, 0) is 17.6 Å². The summed E-state index contributed by atoms with van der Waals surface area (Å²) in [4.78, 5) is 12.3. The van der Waals surface area contributed by atoms with Crippen LogP contribution in [0.4, 0.5) is 0 Å². The van der Waals surface area contributed by atoms with Crippen LogP contribution in [0.25, 0.3) is 0 Å². The minimum absolute atomic E-state index is 0.0362. The van der Waals surface area contributed by atoms with Gasteiger partial charge in [0.25, 0.3) is 0 Å². The predicted molar refractivity (Wildman–Crippen MR) is 110 cm³/mol. The average molecular weight is 370 g/mol. The van der Waals surface area contributed by atoms with Crippen molar-refractivity contribution in [2.24, 2.45) is 0 Å². The van der Waals surface area contributed by atoms with Gasteiger partial charge in [0.15, 0.2) is 0 Å². The predicted octanol–water partition coefficient (Wildman–Crippen LogP) is 4.47. The van der Waals surface area contributed by atoms with E-state index in [4.69, 9.17) is 9.47 Å². The normalized spacial score (nSPS) is 11.9. The molecule has 0 aliphatic carbocycles. The van der Waals surface area contributed by atoms with Gasteiger partial charge in [0, 0.05) is 6.04 Å². The number of hydrogen-bond donors (Lipinski definition) is 1. The van der Waals surface area contributed by atoms with E-state index in [2.05, 4.69) is 17.4 Å². The number of carbonyl (C=O) groups is 1. The third-order valence-corrected chi connectivity index (χ3v) is 4.41. The largest absolute Gasteiger partial charge is 0.496 e. The lowest BCUT2D eigenvalue weighted by molar-refractivity contribution is -0.121. The molecule has 4 nitrogen and oxygen atoms in total. The molecule has 1 unspecified atom stereocenters. The summed E-state index contributed by atoms with van der Waals surface area (Å²) in [7, 11) is 1.65. The van der Waals surface area contributed by atoms with Crippen LogP contribution in [-0.4, -0.2) is 25.2 Å². The van der Waals surface area contributed by atoms with Gasteiger partial charge in [0.2, 0.25) is 5.91 Å². The first-order valence-corrected chi connectivity index (χ1v) is 9.56. The Labute approximate surface area is 162 Å². The number of carbonyl (C=O) groups excluding carboxylic acids is 1. The van der Waals surface area contributed by atoms with Gasteiger partial charge in [-0.15, -0.1) is 0 Å². The number of rotatable bonds is 9. The molecule has 0 saturated heterocycles. The van der Waals surface area contributed by atoms with Crippen molar-refractivity contribution in [2.75, 3.05) is 7.11 Å². The molecular formula is C23H31NO3. The molecule has 0 aliphatic rings. The third kappa shape index (κ3) is 6.97. The molecule has 0 radical (unpaired) electrons. The van der Waals surface area contributed by atoms with Crippen molar-refractivity contribution in [1.82, 2.24) is 5.32 Å². The van der Waals surface area contributed by atoms with Gasteiger partial charge >= 0.3 is 0 Å². The summed E-state index contributed by atoms with van der Waals surface area (Å²) >= 11 is 0. The molecule has 0 aromatic heterocycles. The Bertz CT molecular complexity index is 738. The van der Waals surface area contributed by atoms with E-state index < -0.39 is 0 Å². The molecule has 0 heterocycles. The van der Waals surface area contributed by atoms with E-state index in [1.807, 2.05) is 58.0 Å². The Morgan fingerprint density at radius 3 is 2.33 bits per heavy atom. The average Bonchev–Trinajstić information content (AvgIpc) is 2.62. The number of nitrogens with one attached hydrogen (secondary N) is 1. The monoisotopic (exact) mass is 369 g/mol. The number of hydrogen-bond acceptors (Lipinski definition) is 3. The topological polar surface area (TPSA) is 47.6 Å². The van der Waals surface area contributed by atoms with E-state index in [1.54, 1.807) is 7.11 Å². The van der Waals surface area contributed by atoms with E-state index in [1.165, 1.54) is 5.56 Å². The maximum Gasteiger partial charge on any atom is 0.224 e. The summed E-state index contributed by atoms with van der Waals surface area (Å²) in [6.07, 6.45) is 2.36. The number of ether oxygens (including phenoxy) is 2. The van der Waals surface area contributed by atoms with Gasteiger partial charge in [0.05, 0.1) is 19.6 Å². The summed E-state index contributed by atoms with van der Waals surface area (Å²) < 4.78 is 11.0. The molecule has 0 bridgehead atoms. The minimum Gasteiger partial charge on any atom is -0.496 e.